The van der Waals surface area contributed by atoms with Crippen LogP contribution in [0.4, 0.5) is 0 Å². The number of hydrogen-bond donors (Lipinski definition) is 0. The van der Waals surface area contributed by atoms with Crippen molar-refractivity contribution in [2.24, 2.45) is 11.8 Å². The molecule has 4 heteroatoms. The molecule has 1 aromatic carbocycles. The molecule has 1 aromatic rings. The van der Waals surface area contributed by atoms with E-state index in [2.05, 4.69) is 29.8 Å². The molecule has 0 aliphatic heterocycles. The minimum atomic E-state index is -3.36. The zero-order valence-electron chi connectivity index (χ0n) is 13.0. The van der Waals surface area contributed by atoms with Crippen molar-refractivity contribution in [2.75, 3.05) is 0 Å². The molecule has 0 aromatic heterocycles. The maximum Gasteiger partial charge on any atom is 0.184 e. The average molecular weight is 361 g/mol. The summed E-state index contributed by atoms with van der Waals surface area (Å²) in [6, 6.07) is 6.98. The minimum Gasteiger partial charge on any atom is -0.223 e. The highest BCUT2D eigenvalue weighted by atomic mass is 79.9. The molecule has 114 valence electrons. The van der Waals surface area contributed by atoms with Gasteiger partial charge in [0.25, 0.3) is 0 Å². The Bertz CT molecular complexity index is 524. The highest BCUT2D eigenvalue weighted by Gasteiger charge is 2.47. The Hall–Kier alpha value is -0.350. The normalized spacial score (nSPS) is 18.3. The van der Waals surface area contributed by atoms with E-state index in [4.69, 9.17) is 0 Å². The zero-order valence-corrected chi connectivity index (χ0v) is 15.4. The first-order chi connectivity index (χ1) is 9.21. The Morgan fingerprint density at radius 2 is 1.45 bits per heavy atom. The van der Waals surface area contributed by atoms with E-state index in [1.165, 1.54) is 0 Å². The van der Waals surface area contributed by atoms with Gasteiger partial charge in [0, 0.05) is 4.47 Å². The zero-order chi connectivity index (χ0) is 15.6. The van der Waals surface area contributed by atoms with Gasteiger partial charge in [-0.2, -0.15) is 0 Å². The van der Waals surface area contributed by atoms with Crippen molar-refractivity contribution in [3.05, 3.63) is 28.7 Å². The number of benzene rings is 1. The molecule has 0 saturated heterocycles. The molecule has 0 N–H and O–H groups in total. The topological polar surface area (TPSA) is 34.1 Å². The van der Waals surface area contributed by atoms with E-state index < -0.39 is 14.6 Å². The third kappa shape index (κ3) is 2.96. The van der Waals surface area contributed by atoms with Gasteiger partial charge in [-0.25, -0.2) is 8.42 Å². The van der Waals surface area contributed by atoms with Crippen molar-refractivity contribution in [1.82, 2.24) is 0 Å². The second-order valence-electron chi connectivity index (χ2n) is 5.76. The molecular formula is C16H25BrO2S. The van der Waals surface area contributed by atoms with E-state index in [1.54, 1.807) is 24.3 Å². The van der Waals surface area contributed by atoms with Gasteiger partial charge < -0.3 is 0 Å². The molecule has 0 aliphatic rings. The number of hydrogen-bond acceptors (Lipinski definition) is 2. The Kier molecular flexibility index (Phi) is 5.85. The second-order valence-corrected chi connectivity index (χ2v) is 9.03. The van der Waals surface area contributed by atoms with Gasteiger partial charge in [-0.05, 0) is 43.0 Å². The monoisotopic (exact) mass is 360 g/mol. The first-order valence-corrected chi connectivity index (χ1v) is 9.49. The van der Waals surface area contributed by atoms with Crippen molar-refractivity contribution in [2.45, 2.75) is 57.1 Å². The fourth-order valence-corrected chi connectivity index (χ4v) is 5.35. The molecule has 2 nitrogen and oxygen atoms in total. The van der Waals surface area contributed by atoms with Gasteiger partial charge in [0.05, 0.1) is 9.64 Å². The summed E-state index contributed by atoms with van der Waals surface area (Å²) >= 11 is 3.35. The van der Waals surface area contributed by atoms with Crippen molar-refractivity contribution >= 4 is 25.8 Å². The lowest BCUT2D eigenvalue weighted by Gasteiger charge is -2.39. The van der Waals surface area contributed by atoms with Crippen molar-refractivity contribution in [1.29, 1.82) is 0 Å². The third-order valence-electron chi connectivity index (χ3n) is 4.88. The molecule has 0 saturated carbocycles. The molecule has 1 rings (SSSR count). The Morgan fingerprint density at radius 3 is 1.80 bits per heavy atom. The molecule has 0 radical (unpaired) electrons. The van der Waals surface area contributed by atoms with Crippen LogP contribution in [0.25, 0.3) is 0 Å². The molecule has 0 heterocycles. The van der Waals surface area contributed by atoms with Crippen molar-refractivity contribution < 1.29 is 8.42 Å². The van der Waals surface area contributed by atoms with E-state index >= 15 is 0 Å². The molecule has 0 aliphatic carbocycles. The lowest BCUT2D eigenvalue weighted by Crippen LogP contribution is -2.47. The van der Waals surface area contributed by atoms with Crippen LogP contribution < -0.4 is 0 Å². The summed E-state index contributed by atoms with van der Waals surface area (Å²) in [6.07, 6.45) is 1.72. The fraction of sp³-hybridized carbons (Fsp3) is 0.625. The summed E-state index contributed by atoms with van der Waals surface area (Å²) < 4.78 is 26.5. The molecule has 2 unspecified atom stereocenters. The second kappa shape index (κ2) is 6.61. The largest absolute Gasteiger partial charge is 0.223 e. The van der Waals surface area contributed by atoms with Crippen LogP contribution in [0.3, 0.4) is 0 Å². The third-order valence-corrected chi connectivity index (χ3v) is 8.27. The van der Waals surface area contributed by atoms with E-state index in [9.17, 15) is 8.42 Å². The molecule has 2 atom stereocenters. The van der Waals surface area contributed by atoms with Crippen LogP contribution in [0, 0.1) is 11.8 Å². The molecule has 0 fully saturated rings. The van der Waals surface area contributed by atoms with Gasteiger partial charge in [-0.1, -0.05) is 56.5 Å². The Labute approximate surface area is 132 Å². The van der Waals surface area contributed by atoms with Gasteiger partial charge in [-0.3, -0.25) is 0 Å². The SMILES string of the molecule is CCC(C)C(C)(C(C)CC)S(=O)(=O)c1ccc(Br)cc1. The van der Waals surface area contributed by atoms with Gasteiger partial charge in [0.15, 0.2) is 9.84 Å². The van der Waals surface area contributed by atoms with Crippen LogP contribution in [0.5, 0.6) is 0 Å². The van der Waals surface area contributed by atoms with Crippen LogP contribution in [-0.2, 0) is 9.84 Å². The summed E-state index contributed by atoms with van der Waals surface area (Å²) in [6.45, 7) is 10.1. The van der Waals surface area contributed by atoms with Crippen molar-refractivity contribution in [3.8, 4) is 0 Å². The lowest BCUT2D eigenvalue weighted by atomic mass is 9.81. The summed E-state index contributed by atoms with van der Waals surface area (Å²) in [5.74, 6) is 0.234. The predicted molar refractivity (Wildman–Crippen MR) is 88.6 cm³/mol. The Balaban J connectivity index is 3.43. The Morgan fingerprint density at radius 1 is 1.05 bits per heavy atom. The van der Waals surface area contributed by atoms with E-state index in [-0.39, 0.29) is 11.8 Å². The summed E-state index contributed by atoms with van der Waals surface area (Å²) in [7, 11) is -3.36. The maximum atomic E-state index is 13.2. The van der Waals surface area contributed by atoms with Gasteiger partial charge in [0.1, 0.15) is 0 Å². The van der Waals surface area contributed by atoms with Gasteiger partial charge in [0.2, 0.25) is 0 Å². The first-order valence-electron chi connectivity index (χ1n) is 7.21. The van der Waals surface area contributed by atoms with Crippen LogP contribution in [0.2, 0.25) is 0 Å². The molecule has 0 bridgehead atoms. The number of rotatable bonds is 6. The minimum absolute atomic E-state index is 0.117. The lowest BCUT2D eigenvalue weighted by molar-refractivity contribution is 0.288. The predicted octanol–water partition coefficient (Wildman–Crippen LogP) is 5.07. The fourth-order valence-electron chi connectivity index (χ4n) is 2.69. The number of sulfone groups is 1. The van der Waals surface area contributed by atoms with Crippen molar-refractivity contribution in [3.63, 3.8) is 0 Å². The summed E-state index contributed by atoms with van der Waals surface area (Å²) in [5.41, 5.74) is 0. The molecule has 20 heavy (non-hydrogen) atoms. The summed E-state index contributed by atoms with van der Waals surface area (Å²) in [4.78, 5) is 0.420. The molecular weight excluding hydrogens is 336 g/mol. The standard InChI is InChI=1S/C16H25BrO2S/c1-6-12(3)16(5,13(4)7-2)20(18,19)15-10-8-14(17)9-11-15/h8-13H,6-7H2,1-5H3. The van der Waals surface area contributed by atoms with Crippen LogP contribution in [-0.4, -0.2) is 13.2 Å². The highest BCUT2D eigenvalue weighted by Crippen LogP contribution is 2.41. The van der Waals surface area contributed by atoms with Crippen LogP contribution in [0.1, 0.15) is 47.5 Å². The van der Waals surface area contributed by atoms with Crippen LogP contribution in [0.15, 0.2) is 33.6 Å². The molecule has 0 spiro atoms. The maximum absolute atomic E-state index is 13.2. The molecule has 0 amide bonds. The van der Waals surface area contributed by atoms with E-state index in [0.29, 0.717) is 4.90 Å². The van der Waals surface area contributed by atoms with E-state index in [1.807, 2.05) is 20.8 Å². The summed E-state index contributed by atoms with van der Waals surface area (Å²) in [5, 5.41) is 0. The van der Waals surface area contributed by atoms with Gasteiger partial charge >= 0.3 is 0 Å². The quantitative estimate of drug-likeness (QED) is 0.709. The van der Waals surface area contributed by atoms with Gasteiger partial charge in [-0.15, -0.1) is 0 Å². The van der Waals surface area contributed by atoms with Crippen LogP contribution >= 0.6 is 15.9 Å². The van der Waals surface area contributed by atoms with E-state index in [0.717, 1.165) is 17.3 Å². The highest BCUT2D eigenvalue weighted by molar-refractivity contribution is 9.10. The number of halogens is 1. The smallest absolute Gasteiger partial charge is 0.184 e. The average Bonchev–Trinajstić information content (AvgIpc) is 2.44. The first kappa shape index (κ1) is 17.7.